The number of esters is 1. The Hall–Kier alpha value is -3.13. The van der Waals surface area contributed by atoms with E-state index in [1.54, 1.807) is 7.11 Å². The molecule has 2 aromatic carbocycles. The maximum absolute atomic E-state index is 12.7. The van der Waals surface area contributed by atoms with Crippen LogP contribution >= 0.6 is 11.6 Å². The van der Waals surface area contributed by atoms with Crippen molar-refractivity contribution in [3.05, 3.63) is 75.8 Å². The van der Waals surface area contributed by atoms with E-state index in [1.807, 2.05) is 43.3 Å². The van der Waals surface area contributed by atoms with Gasteiger partial charge in [0.15, 0.2) is 0 Å². The van der Waals surface area contributed by atoms with Gasteiger partial charge in [-0.25, -0.2) is 4.98 Å². The van der Waals surface area contributed by atoms with Crippen LogP contribution in [0.2, 0.25) is 5.02 Å². The van der Waals surface area contributed by atoms with Crippen molar-refractivity contribution >= 4 is 23.4 Å². The number of aromatic nitrogens is 1. The van der Waals surface area contributed by atoms with E-state index in [1.165, 1.54) is 23.8 Å². The Morgan fingerprint density at radius 2 is 2.03 bits per heavy atom. The first-order valence-corrected chi connectivity index (χ1v) is 13.8. The molecule has 1 fully saturated rings. The summed E-state index contributed by atoms with van der Waals surface area (Å²) >= 11 is 6.67. The minimum Gasteiger partial charge on any atom is -0.487 e. The third-order valence-electron chi connectivity index (χ3n) is 8.11. The fraction of sp³-hybridized carbons (Fsp3) is 0.419. The number of anilines is 1. The van der Waals surface area contributed by atoms with Gasteiger partial charge in [-0.15, -0.1) is 0 Å². The molecule has 5 rings (SSSR count). The van der Waals surface area contributed by atoms with E-state index >= 15 is 0 Å². The standard InChI is InChI=1S/C31H36ClN3O4/c1-20-15-21(16-22-11-13-33-17-24(20)22)18-39-29-23(7-5-8-25(29)32)26-9-6-10-28(34-26)35-14-12-31(2,30(36)38-4)27(35)19-37-3/h5-10,15-16,27,33H,11-14,17-19H2,1-4H3/t27-,31-/m1/s1. The highest BCUT2D eigenvalue weighted by atomic mass is 35.5. The number of carbonyl (C=O) groups excluding carboxylic acids is 1. The quantitative estimate of drug-likeness (QED) is 0.380. The van der Waals surface area contributed by atoms with Gasteiger partial charge in [0.1, 0.15) is 18.2 Å². The molecule has 1 N–H and O–H groups in total. The third kappa shape index (κ3) is 5.36. The normalized spacial score (nSPS) is 20.5. The van der Waals surface area contributed by atoms with Crippen LogP contribution in [0.3, 0.4) is 0 Å². The van der Waals surface area contributed by atoms with Gasteiger partial charge in [-0.3, -0.25) is 4.79 Å². The van der Waals surface area contributed by atoms with Gasteiger partial charge >= 0.3 is 5.97 Å². The molecule has 0 bridgehead atoms. The first-order valence-electron chi connectivity index (χ1n) is 13.4. The first kappa shape index (κ1) is 27.4. The minimum atomic E-state index is -0.685. The topological polar surface area (TPSA) is 72.9 Å². The molecule has 0 spiro atoms. The van der Waals surface area contributed by atoms with Crippen molar-refractivity contribution in [1.29, 1.82) is 0 Å². The lowest BCUT2D eigenvalue weighted by Crippen LogP contribution is -2.46. The lowest BCUT2D eigenvalue weighted by Gasteiger charge is -2.33. The molecule has 2 aliphatic heterocycles. The summed E-state index contributed by atoms with van der Waals surface area (Å²) in [5.41, 5.74) is 6.07. The van der Waals surface area contributed by atoms with Crippen LogP contribution in [0, 0.1) is 12.3 Å². The van der Waals surface area contributed by atoms with Crippen LogP contribution in [0.4, 0.5) is 5.82 Å². The molecule has 1 saturated heterocycles. The number of carbonyl (C=O) groups is 1. The van der Waals surface area contributed by atoms with E-state index < -0.39 is 5.41 Å². The maximum atomic E-state index is 12.7. The number of benzene rings is 2. The number of methoxy groups -OCH3 is 2. The Bertz CT molecular complexity index is 1360. The summed E-state index contributed by atoms with van der Waals surface area (Å²) in [5, 5.41) is 3.99. The number of pyridine rings is 1. The number of fused-ring (bicyclic) bond motifs is 1. The van der Waals surface area contributed by atoms with E-state index in [0.29, 0.717) is 37.0 Å². The smallest absolute Gasteiger partial charge is 0.313 e. The van der Waals surface area contributed by atoms with Crippen LogP contribution < -0.4 is 15.0 Å². The number of nitrogens with zero attached hydrogens (tertiary/aromatic N) is 2. The highest BCUT2D eigenvalue weighted by Gasteiger charge is 2.50. The lowest BCUT2D eigenvalue weighted by molar-refractivity contribution is -0.152. The molecule has 0 saturated carbocycles. The lowest BCUT2D eigenvalue weighted by atomic mass is 9.82. The van der Waals surface area contributed by atoms with E-state index in [2.05, 4.69) is 29.3 Å². The van der Waals surface area contributed by atoms with Crippen molar-refractivity contribution in [3.63, 3.8) is 0 Å². The maximum Gasteiger partial charge on any atom is 0.313 e. The SMILES string of the molecule is COC[C@H]1N(c2cccc(-c3cccc(Cl)c3OCc3cc(C)c4c(c3)CCNC4)n2)CC[C@@]1(C)C(=O)OC. The highest BCUT2D eigenvalue weighted by molar-refractivity contribution is 6.32. The molecular weight excluding hydrogens is 514 g/mol. The molecule has 2 aliphatic rings. The van der Waals surface area contributed by atoms with Gasteiger partial charge in [-0.05, 0) is 79.8 Å². The molecule has 0 unspecified atom stereocenters. The van der Waals surface area contributed by atoms with Crippen molar-refractivity contribution in [2.45, 2.75) is 45.9 Å². The number of ether oxygens (including phenoxy) is 3. The van der Waals surface area contributed by atoms with Crippen molar-refractivity contribution in [2.75, 3.05) is 38.8 Å². The monoisotopic (exact) mass is 549 g/mol. The Morgan fingerprint density at radius 3 is 2.82 bits per heavy atom. The summed E-state index contributed by atoms with van der Waals surface area (Å²) in [6.07, 6.45) is 1.68. The van der Waals surface area contributed by atoms with Crippen LogP contribution in [0.25, 0.3) is 11.3 Å². The largest absolute Gasteiger partial charge is 0.487 e. The number of hydrogen-bond acceptors (Lipinski definition) is 7. The van der Waals surface area contributed by atoms with Crippen molar-refractivity contribution in [2.24, 2.45) is 5.41 Å². The number of para-hydroxylation sites is 1. The molecule has 0 radical (unpaired) electrons. The van der Waals surface area contributed by atoms with Crippen molar-refractivity contribution in [1.82, 2.24) is 10.3 Å². The summed E-state index contributed by atoms with van der Waals surface area (Å²) in [6.45, 7) is 7.48. The van der Waals surface area contributed by atoms with E-state index in [9.17, 15) is 4.79 Å². The molecule has 3 aromatic rings. The summed E-state index contributed by atoms with van der Waals surface area (Å²) in [4.78, 5) is 19.8. The molecule has 206 valence electrons. The van der Waals surface area contributed by atoms with Crippen molar-refractivity contribution < 1.29 is 19.0 Å². The fourth-order valence-electron chi connectivity index (χ4n) is 5.91. The summed E-state index contributed by atoms with van der Waals surface area (Å²) in [5.74, 6) is 1.14. The molecular formula is C31H36ClN3O4. The predicted octanol–water partition coefficient (Wildman–Crippen LogP) is 5.34. The van der Waals surface area contributed by atoms with Gasteiger partial charge in [-0.2, -0.15) is 0 Å². The molecule has 8 heteroatoms. The summed E-state index contributed by atoms with van der Waals surface area (Å²) in [7, 11) is 3.08. The Morgan fingerprint density at radius 1 is 1.21 bits per heavy atom. The van der Waals surface area contributed by atoms with Gasteiger partial charge in [0.05, 0.1) is 35.9 Å². The second kappa shape index (κ2) is 11.5. The van der Waals surface area contributed by atoms with Gasteiger partial charge in [0.25, 0.3) is 0 Å². The Kier molecular flexibility index (Phi) is 8.12. The zero-order valence-corrected chi connectivity index (χ0v) is 23.8. The van der Waals surface area contributed by atoms with Crippen LogP contribution in [-0.2, 0) is 33.8 Å². The van der Waals surface area contributed by atoms with E-state index in [0.717, 1.165) is 42.1 Å². The molecule has 0 amide bonds. The Balaban J connectivity index is 1.43. The first-order chi connectivity index (χ1) is 18.9. The Labute approximate surface area is 235 Å². The number of rotatable bonds is 8. The predicted molar refractivity (Wildman–Crippen MR) is 153 cm³/mol. The molecule has 3 heterocycles. The van der Waals surface area contributed by atoms with E-state index in [-0.39, 0.29) is 12.0 Å². The minimum absolute atomic E-state index is 0.199. The number of aryl methyl sites for hydroxylation is 1. The third-order valence-corrected chi connectivity index (χ3v) is 8.41. The fourth-order valence-corrected chi connectivity index (χ4v) is 6.14. The molecule has 2 atom stereocenters. The van der Waals surface area contributed by atoms with Gasteiger partial charge in [0.2, 0.25) is 0 Å². The number of hydrogen-bond donors (Lipinski definition) is 1. The second-order valence-electron chi connectivity index (χ2n) is 10.6. The van der Waals surface area contributed by atoms with Gasteiger partial charge in [0, 0.05) is 25.8 Å². The second-order valence-corrected chi connectivity index (χ2v) is 11.0. The highest BCUT2D eigenvalue weighted by Crippen LogP contribution is 2.41. The molecule has 7 nitrogen and oxygen atoms in total. The van der Waals surface area contributed by atoms with Gasteiger partial charge in [-0.1, -0.05) is 35.9 Å². The van der Waals surface area contributed by atoms with Gasteiger partial charge < -0.3 is 24.4 Å². The zero-order valence-electron chi connectivity index (χ0n) is 23.1. The van der Waals surface area contributed by atoms with Crippen LogP contribution in [0.15, 0.2) is 48.5 Å². The molecule has 1 aromatic heterocycles. The van der Waals surface area contributed by atoms with Crippen LogP contribution in [0.5, 0.6) is 5.75 Å². The summed E-state index contributed by atoms with van der Waals surface area (Å²) < 4.78 is 17.0. The van der Waals surface area contributed by atoms with E-state index in [4.69, 9.17) is 30.8 Å². The summed E-state index contributed by atoms with van der Waals surface area (Å²) in [6, 6.07) is 15.9. The van der Waals surface area contributed by atoms with Crippen molar-refractivity contribution in [3.8, 4) is 17.0 Å². The molecule has 0 aliphatic carbocycles. The average molecular weight is 550 g/mol. The van der Waals surface area contributed by atoms with Crippen LogP contribution in [-0.4, -0.2) is 50.9 Å². The van der Waals surface area contributed by atoms with Crippen LogP contribution in [0.1, 0.15) is 35.6 Å². The number of nitrogens with one attached hydrogen (secondary N) is 1. The number of halogens is 1. The average Bonchev–Trinajstić information content (AvgIpc) is 3.29. The zero-order chi connectivity index (χ0) is 27.6. The molecule has 39 heavy (non-hydrogen) atoms.